The van der Waals surface area contributed by atoms with Gasteiger partial charge in [0.1, 0.15) is 0 Å². The number of hydrogen-bond donors (Lipinski definition) is 0. The van der Waals surface area contributed by atoms with E-state index in [-0.39, 0.29) is 10.9 Å². The van der Waals surface area contributed by atoms with Crippen LogP contribution >= 0.6 is 0 Å². The van der Waals surface area contributed by atoms with E-state index in [1.165, 1.54) is 22.8 Å². The predicted octanol–water partition coefficient (Wildman–Crippen LogP) is 4.61. The van der Waals surface area contributed by atoms with E-state index in [2.05, 4.69) is 26.9 Å². The van der Waals surface area contributed by atoms with Crippen molar-refractivity contribution in [2.45, 2.75) is 51.0 Å². The Labute approximate surface area is 213 Å². The minimum absolute atomic E-state index is 0.245. The van der Waals surface area contributed by atoms with Gasteiger partial charge in [-0.3, -0.25) is 4.90 Å². The van der Waals surface area contributed by atoms with Crippen molar-refractivity contribution in [2.24, 2.45) is 0 Å². The fraction of sp³-hybridized carbons (Fsp3) is 0.357. The van der Waals surface area contributed by atoms with Gasteiger partial charge in [-0.25, -0.2) is 4.79 Å². The first-order valence-electron chi connectivity index (χ1n) is 12.2. The second-order valence-electron chi connectivity index (χ2n) is 9.28. The molecule has 0 saturated carbocycles. The van der Waals surface area contributed by atoms with Crippen molar-refractivity contribution in [1.82, 2.24) is 14.1 Å². The first-order valence-corrected chi connectivity index (χ1v) is 13.6. The number of methoxy groups -OCH3 is 1. The molecule has 0 spiro atoms. The largest absolute Gasteiger partial charge is 0.466 e. The minimum Gasteiger partial charge on any atom is -0.466 e. The van der Waals surface area contributed by atoms with Gasteiger partial charge in [-0.1, -0.05) is 42.0 Å². The molecule has 4 rings (SSSR count). The minimum atomic E-state index is -3.74. The lowest BCUT2D eigenvalue weighted by molar-refractivity contribution is -0.134. The van der Waals surface area contributed by atoms with E-state index in [4.69, 9.17) is 0 Å². The number of likely N-dealkylation sites (tertiary alicyclic amines) is 1. The normalized spacial score (nSPS) is 16.6. The summed E-state index contributed by atoms with van der Waals surface area (Å²) in [4.78, 5) is 14.0. The lowest BCUT2D eigenvalue weighted by Gasteiger charge is -2.25. The van der Waals surface area contributed by atoms with Crippen molar-refractivity contribution in [1.29, 1.82) is 0 Å². The van der Waals surface area contributed by atoms with Crippen molar-refractivity contribution in [3.05, 3.63) is 88.2 Å². The smallest absolute Gasteiger partial charge is 0.330 e. The topological polar surface area (TPSA) is 81.5 Å². The van der Waals surface area contributed by atoms with Gasteiger partial charge in [0.2, 0.25) is 0 Å². The van der Waals surface area contributed by atoms with Crippen LogP contribution < -0.4 is 0 Å². The standard InChI is InChI=1S/C28H33N3O4S/c1-20-7-14-25(15-8-20)36(33,34)31-22(3)26(21(2)29-31)17-19-30-18-5-6-27(30)24-12-9-23(10-13-24)11-16-28(32)35-4/h7-16,27H,5-6,17-19H2,1-4H3/b16-11+. The van der Waals surface area contributed by atoms with Crippen LogP contribution in [0.3, 0.4) is 0 Å². The molecule has 3 aromatic rings. The molecule has 0 aliphatic carbocycles. The number of carbonyl (C=O) groups excluding carboxylic acids is 1. The summed E-state index contributed by atoms with van der Waals surface area (Å²) >= 11 is 0. The molecular formula is C28H33N3O4S. The van der Waals surface area contributed by atoms with Crippen molar-refractivity contribution >= 4 is 22.1 Å². The highest BCUT2D eigenvalue weighted by atomic mass is 32.2. The Balaban J connectivity index is 1.47. The molecule has 190 valence electrons. The molecule has 1 atom stereocenters. The molecule has 0 radical (unpaired) electrons. The van der Waals surface area contributed by atoms with Crippen molar-refractivity contribution in [3.8, 4) is 0 Å². The van der Waals surface area contributed by atoms with Gasteiger partial charge in [0.15, 0.2) is 0 Å². The van der Waals surface area contributed by atoms with Crippen LogP contribution in [0.2, 0.25) is 0 Å². The van der Waals surface area contributed by atoms with Crippen LogP contribution in [0, 0.1) is 20.8 Å². The molecule has 1 aromatic heterocycles. The Morgan fingerprint density at radius 1 is 1.08 bits per heavy atom. The van der Waals surface area contributed by atoms with Crippen LogP contribution in [-0.4, -0.2) is 48.7 Å². The SMILES string of the molecule is COC(=O)/C=C/c1ccc(C2CCCN2CCc2c(C)nn(S(=O)(=O)c3ccc(C)cc3)c2C)cc1. The molecule has 1 fully saturated rings. The molecule has 7 nitrogen and oxygen atoms in total. The summed E-state index contributed by atoms with van der Waals surface area (Å²) in [6.45, 7) is 7.48. The zero-order valence-electron chi connectivity index (χ0n) is 21.3. The second kappa shape index (κ2) is 10.8. The summed E-state index contributed by atoms with van der Waals surface area (Å²) in [5, 5.41) is 4.42. The van der Waals surface area contributed by atoms with E-state index in [0.29, 0.717) is 11.7 Å². The summed E-state index contributed by atoms with van der Waals surface area (Å²) in [5.74, 6) is -0.374. The molecule has 0 N–H and O–H groups in total. The van der Waals surface area contributed by atoms with Gasteiger partial charge in [-0.2, -0.15) is 17.6 Å². The highest BCUT2D eigenvalue weighted by Crippen LogP contribution is 2.32. The van der Waals surface area contributed by atoms with Gasteiger partial charge in [0.05, 0.1) is 23.4 Å². The number of benzene rings is 2. The van der Waals surface area contributed by atoms with Crippen molar-refractivity contribution in [3.63, 3.8) is 0 Å². The molecule has 1 saturated heterocycles. The number of aryl methyl sites for hydroxylation is 2. The summed E-state index contributed by atoms with van der Waals surface area (Å²) < 4.78 is 32.3. The Bertz CT molecular complexity index is 1360. The predicted molar refractivity (Wildman–Crippen MR) is 140 cm³/mol. The van der Waals surface area contributed by atoms with Crippen molar-refractivity contribution < 1.29 is 17.9 Å². The van der Waals surface area contributed by atoms with Gasteiger partial charge in [0.25, 0.3) is 10.0 Å². The fourth-order valence-corrected chi connectivity index (χ4v) is 6.22. The molecular weight excluding hydrogens is 474 g/mol. The first kappa shape index (κ1) is 25.9. The van der Waals surface area contributed by atoms with Crippen LogP contribution in [0.15, 0.2) is 59.5 Å². The molecule has 2 heterocycles. The second-order valence-corrected chi connectivity index (χ2v) is 11.0. The Morgan fingerprint density at radius 3 is 2.44 bits per heavy atom. The van der Waals surface area contributed by atoms with Crippen LogP contribution in [-0.2, 0) is 26.0 Å². The maximum Gasteiger partial charge on any atom is 0.330 e. The lowest BCUT2D eigenvalue weighted by atomic mass is 10.0. The van der Waals surface area contributed by atoms with Gasteiger partial charge in [0, 0.05) is 18.7 Å². The highest BCUT2D eigenvalue weighted by Gasteiger charge is 2.28. The molecule has 0 amide bonds. The molecule has 0 bridgehead atoms. The first-order chi connectivity index (χ1) is 17.2. The maximum atomic E-state index is 13.2. The average molecular weight is 508 g/mol. The quantitative estimate of drug-likeness (QED) is 0.327. The van der Waals surface area contributed by atoms with Gasteiger partial charge < -0.3 is 4.74 Å². The van der Waals surface area contributed by atoms with E-state index in [0.717, 1.165) is 54.7 Å². The zero-order chi connectivity index (χ0) is 25.9. The number of nitrogens with zero attached hydrogens (tertiary/aromatic N) is 3. The van der Waals surface area contributed by atoms with Crippen molar-refractivity contribution in [2.75, 3.05) is 20.2 Å². The summed E-state index contributed by atoms with van der Waals surface area (Å²) in [6, 6.07) is 15.4. The fourth-order valence-electron chi connectivity index (χ4n) is 4.84. The molecule has 1 aliphatic rings. The lowest BCUT2D eigenvalue weighted by Crippen LogP contribution is -2.26. The Hall–Kier alpha value is -3.23. The van der Waals surface area contributed by atoms with E-state index in [1.54, 1.807) is 30.3 Å². The van der Waals surface area contributed by atoms with Crippen LogP contribution in [0.4, 0.5) is 0 Å². The van der Waals surface area contributed by atoms with E-state index in [1.807, 2.05) is 32.9 Å². The number of aromatic nitrogens is 2. The highest BCUT2D eigenvalue weighted by molar-refractivity contribution is 7.89. The molecule has 36 heavy (non-hydrogen) atoms. The zero-order valence-corrected chi connectivity index (χ0v) is 22.1. The maximum absolute atomic E-state index is 13.2. The summed E-state index contributed by atoms with van der Waals surface area (Å²) in [5.41, 5.74) is 5.61. The molecule has 2 aromatic carbocycles. The van der Waals surface area contributed by atoms with E-state index < -0.39 is 10.0 Å². The third-order valence-electron chi connectivity index (χ3n) is 6.89. The number of ether oxygens (including phenoxy) is 1. The third-order valence-corrected chi connectivity index (χ3v) is 8.57. The van der Waals surface area contributed by atoms with Crippen LogP contribution in [0.5, 0.6) is 0 Å². The van der Waals surface area contributed by atoms with Gasteiger partial charge >= 0.3 is 5.97 Å². The Kier molecular flexibility index (Phi) is 7.76. The van der Waals surface area contributed by atoms with Crippen LogP contribution in [0.25, 0.3) is 6.08 Å². The van der Waals surface area contributed by atoms with Gasteiger partial charge in [-0.15, -0.1) is 0 Å². The van der Waals surface area contributed by atoms with E-state index >= 15 is 0 Å². The Morgan fingerprint density at radius 2 is 1.78 bits per heavy atom. The summed E-state index contributed by atoms with van der Waals surface area (Å²) in [6.07, 6.45) is 6.10. The molecule has 1 aliphatic heterocycles. The average Bonchev–Trinajstić information content (AvgIpc) is 3.45. The van der Waals surface area contributed by atoms with Gasteiger partial charge in [-0.05, 0) is 81.5 Å². The summed E-state index contributed by atoms with van der Waals surface area (Å²) in [7, 11) is -2.38. The number of carbonyl (C=O) groups is 1. The van der Waals surface area contributed by atoms with Crippen LogP contribution in [0.1, 0.15) is 52.5 Å². The number of esters is 1. The number of hydrogen-bond acceptors (Lipinski definition) is 6. The molecule has 8 heteroatoms. The monoisotopic (exact) mass is 507 g/mol. The third kappa shape index (κ3) is 5.44. The number of rotatable bonds is 8. The molecule has 1 unspecified atom stereocenters. The van der Waals surface area contributed by atoms with E-state index in [9.17, 15) is 13.2 Å².